The second-order valence-electron chi connectivity index (χ2n) is 8.52. The predicted molar refractivity (Wildman–Crippen MR) is 107 cm³/mol. The molecular formula is C23H32Cl2PZr. The van der Waals surface area contributed by atoms with Gasteiger partial charge in [0.2, 0.25) is 0 Å². The van der Waals surface area contributed by atoms with Gasteiger partial charge in [0.05, 0.1) is 0 Å². The molecule has 0 radical (unpaired) electrons. The summed E-state index contributed by atoms with van der Waals surface area (Å²) in [4.78, 5) is 0. The van der Waals surface area contributed by atoms with E-state index in [9.17, 15) is 0 Å². The van der Waals surface area contributed by atoms with Crippen molar-refractivity contribution in [1.29, 1.82) is 0 Å². The van der Waals surface area contributed by atoms with Crippen LogP contribution in [0.3, 0.4) is 0 Å². The second-order valence-corrected chi connectivity index (χ2v) is 12.7. The molecule has 0 N–H and O–H groups in total. The first-order valence-electron chi connectivity index (χ1n) is 10.5. The monoisotopic (exact) mass is 499 g/mol. The van der Waals surface area contributed by atoms with Crippen molar-refractivity contribution in [3.8, 4) is 0 Å². The number of hydrogen-bond acceptors (Lipinski definition) is 0. The van der Waals surface area contributed by atoms with Gasteiger partial charge in [-0.2, -0.15) is 0 Å². The fourth-order valence-electron chi connectivity index (χ4n) is 5.47. The fraction of sp³-hybridized carbons (Fsp3) is 0.652. The molecule has 3 aliphatic carbocycles. The SMILES string of the molecule is Cc1ccc(C)c2c1C=C(P(C1CCCCC1)C1CCCCC1)[CH]2[Zr+2].[Cl-].[Cl-]. The fourth-order valence-corrected chi connectivity index (χ4v) is 11.7. The largest absolute Gasteiger partial charge is 1.00 e. The average Bonchev–Trinajstić information content (AvgIpc) is 2.99. The van der Waals surface area contributed by atoms with Gasteiger partial charge < -0.3 is 24.8 Å². The third-order valence-electron chi connectivity index (χ3n) is 6.83. The molecule has 1 unspecified atom stereocenters. The zero-order valence-electron chi connectivity index (χ0n) is 16.7. The van der Waals surface area contributed by atoms with Crippen LogP contribution in [0, 0.1) is 13.8 Å². The molecule has 0 nitrogen and oxygen atoms in total. The minimum Gasteiger partial charge on any atom is -1.00 e. The molecule has 147 valence electrons. The maximum absolute atomic E-state index is 2.70. The summed E-state index contributed by atoms with van der Waals surface area (Å²) < 4.78 is 0.761. The van der Waals surface area contributed by atoms with E-state index in [2.05, 4.69) is 32.1 Å². The Labute approximate surface area is 195 Å². The molecular weight excluding hydrogens is 469 g/mol. The molecule has 1 aromatic rings. The Balaban J connectivity index is 0.00000131. The molecule has 2 fully saturated rings. The zero-order valence-corrected chi connectivity index (χ0v) is 21.6. The molecule has 4 heteroatoms. The molecule has 0 bridgehead atoms. The van der Waals surface area contributed by atoms with Gasteiger partial charge in [0.15, 0.2) is 0 Å². The Hall–Kier alpha value is 0.853. The van der Waals surface area contributed by atoms with Gasteiger partial charge in [0.1, 0.15) is 0 Å². The van der Waals surface area contributed by atoms with Crippen LogP contribution in [0.1, 0.15) is 90.1 Å². The smallest absolute Gasteiger partial charge is 1.00 e. The Morgan fingerprint density at radius 2 is 1.26 bits per heavy atom. The molecule has 2 saturated carbocycles. The number of rotatable bonds is 3. The van der Waals surface area contributed by atoms with E-state index in [4.69, 9.17) is 0 Å². The Morgan fingerprint density at radius 3 is 1.74 bits per heavy atom. The molecule has 0 heterocycles. The summed E-state index contributed by atoms with van der Waals surface area (Å²) in [7, 11) is 0.0750. The van der Waals surface area contributed by atoms with Crippen molar-refractivity contribution in [2.24, 2.45) is 0 Å². The van der Waals surface area contributed by atoms with Crippen LogP contribution in [0.5, 0.6) is 0 Å². The summed E-state index contributed by atoms with van der Waals surface area (Å²) in [5.74, 6) is 0. The predicted octanol–water partition coefficient (Wildman–Crippen LogP) is 1.40. The molecule has 1 aromatic carbocycles. The third kappa shape index (κ3) is 4.96. The van der Waals surface area contributed by atoms with Crippen molar-refractivity contribution in [2.45, 2.75) is 93.0 Å². The minimum atomic E-state index is 0. The van der Waals surface area contributed by atoms with E-state index >= 15 is 0 Å². The number of allylic oxidation sites excluding steroid dienone is 1. The van der Waals surface area contributed by atoms with E-state index in [1.165, 1.54) is 75.3 Å². The van der Waals surface area contributed by atoms with Gasteiger partial charge in [0, 0.05) is 0 Å². The maximum atomic E-state index is 2.70. The van der Waals surface area contributed by atoms with Gasteiger partial charge in [-0.3, -0.25) is 0 Å². The van der Waals surface area contributed by atoms with E-state index in [1.54, 1.807) is 35.8 Å². The van der Waals surface area contributed by atoms with Crippen LogP contribution in [-0.4, -0.2) is 11.3 Å². The van der Waals surface area contributed by atoms with E-state index in [0.717, 1.165) is 14.9 Å². The van der Waals surface area contributed by atoms with Gasteiger partial charge in [-0.15, -0.1) is 0 Å². The summed E-state index contributed by atoms with van der Waals surface area (Å²) in [6.45, 7) is 4.67. The van der Waals surface area contributed by atoms with Gasteiger partial charge >= 0.3 is 171 Å². The number of fused-ring (bicyclic) bond motifs is 1. The van der Waals surface area contributed by atoms with Crippen LogP contribution in [0.25, 0.3) is 6.08 Å². The Bertz CT molecular complexity index is 643. The first-order valence-corrected chi connectivity index (χ1v) is 13.4. The first-order chi connectivity index (χ1) is 12.2. The minimum absolute atomic E-state index is 0. The molecule has 0 saturated heterocycles. The van der Waals surface area contributed by atoms with Crippen LogP contribution in [0.15, 0.2) is 17.4 Å². The Kier molecular flexibility index (Phi) is 9.61. The van der Waals surface area contributed by atoms with Crippen LogP contribution < -0.4 is 24.8 Å². The molecule has 0 aromatic heterocycles. The second kappa shape index (κ2) is 10.8. The van der Waals surface area contributed by atoms with E-state index in [1.807, 2.05) is 5.31 Å². The van der Waals surface area contributed by atoms with Crippen molar-refractivity contribution >= 4 is 14.0 Å². The van der Waals surface area contributed by atoms with Crippen molar-refractivity contribution in [3.05, 3.63) is 39.7 Å². The van der Waals surface area contributed by atoms with Crippen molar-refractivity contribution in [2.75, 3.05) is 0 Å². The molecule has 0 aliphatic heterocycles. The van der Waals surface area contributed by atoms with Gasteiger partial charge in [-0.25, -0.2) is 0 Å². The molecule has 1 atom stereocenters. The van der Waals surface area contributed by atoms with Crippen molar-refractivity contribution in [1.82, 2.24) is 0 Å². The zero-order chi connectivity index (χ0) is 17.4. The summed E-state index contributed by atoms with van der Waals surface area (Å²) in [6, 6.07) is 4.71. The summed E-state index contributed by atoms with van der Waals surface area (Å²) >= 11 is 1.73. The topological polar surface area (TPSA) is 0 Å². The Morgan fingerprint density at radius 1 is 0.778 bits per heavy atom. The molecule has 0 amide bonds. The number of aryl methyl sites for hydroxylation is 2. The van der Waals surface area contributed by atoms with Gasteiger partial charge in [-0.05, 0) is 0 Å². The maximum Gasteiger partial charge on any atom is -1.00 e. The average molecular weight is 502 g/mol. The van der Waals surface area contributed by atoms with E-state index < -0.39 is 0 Å². The molecule has 27 heavy (non-hydrogen) atoms. The van der Waals surface area contributed by atoms with Gasteiger partial charge in [0.25, 0.3) is 0 Å². The quantitative estimate of drug-likeness (QED) is 0.550. The van der Waals surface area contributed by atoms with Crippen LogP contribution in [-0.2, 0) is 24.7 Å². The van der Waals surface area contributed by atoms with Crippen LogP contribution >= 0.6 is 7.92 Å². The molecule has 3 aliphatic rings. The van der Waals surface area contributed by atoms with Crippen LogP contribution in [0.2, 0.25) is 0 Å². The van der Waals surface area contributed by atoms with E-state index in [0.29, 0.717) is 0 Å². The number of benzene rings is 1. The number of hydrogen-bond donors (Lipinski definition) is 0. The van der Waals surface area contributed by atoms with Crippen LogP contribution in [0.4, 0.5) is 0 Å². The summed E-state index contributed by atoms with van der Waals surface area (Å²) in [5, 5.41) is 1.92. The number of halogens is 2. The first kappa shape index (κ1) is 24.1. The molecule has 4 rings (SSSR count). The summed E-state index contributed by atoms with van der Waals surface area (Å²) in [5.41, 5.74) is 8.43. The third-order valence-corrected chi connectivity index (χ3v) is 12.5. The van der Waals surface area contributed by atoms with E-state index in [-0.39, 0.29) is 32.7 Å². The standard InChI is InChI=1S/C23H32P.2ClH.Zr/c1-17-13-14-18(2)23-16-21(15-22(17)23)24(19-9-5-3-6-10-19)20-11-7-4-8-12-20;;;/h13-16,19-20H,3-12H2,1-2H3;2*1H;/q;;;+2/p-2. The van der Waals surface area contributed by atoms with Crippen molar-refractivity contribution < 1.29 is 49.5 Å². The van der Waals surface area contributed by atoms with Gasteiger partial charge in [-0.1, -0.05) is 0 Å². The summed E-state index contributed by atoms with van der Waals surface area (Å²) in [6.07, 6.45) is 17.8. The normalized spacial score (nSPS) is 23.4. The van der Waals surface area contributed by atoms with Crippen molar-refractivity contribution in [3.63, 3.8) is 0 Å². The molecule has 0 spiro atoms.